The van der Waals surface area contributed by atoms with E-state index >= 15 is 0 Å². The van der Waals surface area contributed by atoms with Gasteiger partial charge in [0.25, 0.3) is 0 Å². The zero-order valence-corrected chi connectivity index (χ0v) is 29.3. The number of aliphatic hydroxyl groups is 1. The number of Topliss-reactive ketones (excluding diaryl/α,β-unsaturated/α-hetero) is 1. The van der Waals surface area contributed by atoms with Gasteiger partial charge < -0.3 is 43.2 Å². The van der Waals surface area contributed by atoms with Crippen LogP contribution in [0.3, 0.4) is 0 Å². The van der Waals surface area contributed by atoms with Crippen LogP contribution in [0, 0.1) is 23.7 Å². The van der Waals surface area contributed by atoms with Crippen LogP contribution in [-0.4, -0.2) is 110 Å². The maximum absolute atomic E-state index is 13.4. The number of ether oxygens (including phenoxy) is 7. The first kappa shape index (κ1) is 39.7. The van der Waals surface area contributed by atoms with Gasteiger partial charge in [-0.1, -0.05) is 27.7 Å². The van der Waals surface area contributed by atoms with Crippen molar-refractivity contribution in [2.75, 3.05) is 27.9 Å². The summed E-state index contributed by atoms with van der Waals surface area (Å²) in [5.74, 6) is -3.19. The largest absolute Gasteiger partial charge is 0.511 e. The van der Waals surface area contributed by atoms with Crippen LogP contribution in [0.15, 0.2) is 0 Å². The highest BCUT2D eigenvalue weighted by Gasteiger charge is 2.64. The van der Waals surface area contributed by atoms with Crippen molar-refractivity contribution in [1.82, 2.24) is 4.90 Å². The first-order chi connectivity index (χ1) is 21.4. The van der Waals surface area contributed by atoms with Crippen molar-refractivity contribution in [1.29, 1.82) is 0 Å². The number of esters is 1. The Kier molecular flexibility index (Phi) is 14.3. The van der Waals surface area contributed by atoms with Gasteiger partial charge in [0.05, 0.1) is 37.8 Å². The second kappa shape index (κ2) is 16.5. The maximum Gasteiger partial charge on any atom is 0.511 e. The second-order valence-corrected chi connectivity index (χ2v) is 13.1. The van der Waals surface area contributed by atoms with E-state index in [-0.39, 0.29) is 36.7 Å². The summed E-state index contributed by atoms with van der Waals surface area (Å²) in [6.07, 6.45) is -4.34. The molecule has 14 heteroatoms. The lowest BCUT2D eigenvalue weighted by Crippen LogP contribution is -2.64. The van der Waals surface area contributed by atoms with Crippen LogP contribution in [0.2, 0.25) is 0 Å². The van der Waals surface area contributed by atoms with Crippen LogP contribution < -0.4 is 5.73 Å². The Bertz CT molecular complexity index is 1060. The van der Waals surface area contributed by atoms with Crippen molar-refractivity contribution in [2.45, 2.75) is 129 Å². The number of nitrogens with zero attached hydrogens (tertiary/aromatic N) is 1. The predicted molar refractivity (Wildman–Crippen MR) is 165 cm³/mol. The Labute approximate surface area is 272 Å². The van der Waals surface area contributed by atoms with Crippen molar-refractivity contribution in [3.63, 3.8) is 0 Å². The van der Waals surface area contributed by atoms with Crippen LogP contribution >= 0.6 is 0 Å². The summed E-state index contributed by atoms with van der Waals surface area (Å²) in [5, 5.41) is 11.2. The molecule has 2 fully saturated rings. The smallest absolute Gasteiger partial charge is 0.458 e. The summed E-state index contributed by atoms with van der Waals surface area (Å²) in [7, 11) is 4.53. The van der Waals surface area contributed by atoms with Crippen LogP contribution in [0.4, 0.5) is 9.59 Å². The van der Waals surface area contributed by atoms with Crippen molar-refractivity contribution in [3.05, 3.63) is 0 Å². The minimum atomic E-state index is -1.89. The standard InChI is InChI=1S/C32H56N2O12/c1-12-25(31(8)32(33,46-30(39)45-31)16-24(35)17(2)13-14-40-10)44-27(37)21(6)26(36)19(4)22(7)43-28-20(5)23(15-18(3)42-28)34(9)29(38)41-11/h17-23,25-26,28,36H,12-16,33H2,1-11H3/t17-,18?,19?,20-,21?,22+,23?,25?,26?,28?,31?,32-/m1/s1. The summed E-state index contributed by atoms with van der Waals surface area (Å²) >= 11 is 0. The normalized spacial score (nSPS) is 31.8. The lowest BCUT2D eigenvalue weighted by atomic mass is 9.80. The monoisotopic (exact) mass is 660 g/mol. The molecule has 0 aromatic carbocycles. The van der Waals surface area contributed by atoms with Crippen LogP contribution in [0.1, 0.15) is 81.1 Å². The molecule has 2 rings (SSSR count). The highest BCUT2D eigenvalue weighted by molar-refractivity contribution is 5.83. The molecule has 14 nitrogen and oxygen atoms in total. The van der Waals surface area contributed by atoms with Gasteiger partial charge in [0, 0.05) is 44.6 Å². The molecule has 2 aliphatic rings. The molecular weight excluding hydrogens is 604 g/mol. The number of nitrogens with two attached hydrogens (primary N) is 1. The van der Waals surface area contributed by atoms with Crippen molar-refractivity contribution in [3.8, 4) is 0 Å². The zero-order chi connectivity index (χ0) is 35.1. The number of amides is 1. The Morgan fingerprint density at radius 1 is 1.13 bits per heavy atom. The Morgan fingerprint density at radius 2 is 1.76 bits per heavy atom. The SMILES string of the molecule is CCC(OC(=O)C(C)C(O)C(C)[C@H](C)OC1OC(C)CC(N(C)C(=O)OC)[C@H]1C)C1(C)OC(=O)O[C@]1(N)CC(=O)[C@H](C)CCOC. The number of aliphatic hydroxyl groups excluding tert-OH is 1. The summed E-state index contributed by atoms with van der Waals surface area (Å²) in [6.45, 7) is 14.2. The molecule has 2 aliphatic heterocycles. The fraction of sp³-hybridized carbons (Fsp3) is 0.875. The lowest BCUT2D eigenvalue weighted by Gasteiger charge is -2.44. The molecule has 8 unspecified atom stereocenters. The van der Waals surface area contributed by atoms with Crippen LogP contribution in [-0.2, 0) is 42.7 Å². The predicted octanol–water partition coefficient (Wildman–Crippen LogP) is 3.40. The Balaban J connectivity index is 2.12. The van der Waals surface area contributed by atoms with Gasteiger partial charge in [-0.3, -0.25) is 15.3 Å². The molecule has 0 saturated carbocycles. The lowest BCUT2D eigenvalue weighted by molar-refractivity contribution is -0.253. The number of hydrogen-bond acceptors (Lipinski definition) is 13. The minimum absolute atomic E-state index is 0.180. The molecule has 0 aromatic rings. The molecule has 2 heterocycles. The van der Waals surface area contributed by atoms with Gasteiger partial charge in [0.2, 0.25) is 11.3 Å². The zero-order valence-electron chi connectivity index (χ0n) is 29.3. The Hall–Kier alpha value is -2.52. The second-order valence-electron chi connectivity index (χ2n) is 13.1. The van der Waals surface area contributed by atoms with Gasteiger partial charge >= 0.3 is 18.2 Å². The summed E-state index contributed by atoms with van der Waals surface area (Å²) < 4.78 is 38.9. The highest BCUT2D eigenvalue weighted by Crippen LogP contribution is 2.42. The number of cyclic esters (lactones) is 2. The van der Waals surface area contributed by atoms with Gasteiger partial charge in [-0.2, -0.15) is 0 Å². The molecule has 0 radical (unpaired) electrons. The van der Waals surface area contributed by atoms with E-state index in [9.17, 15) is 24.3 Å². The number of hydrogen-bond donors (Lipinski definition) is 2. The maximum atomic E-state index is 13.4. The van der Waals surface area contributed by atoms with E-state index in [2.05, 4.69) is 0 Å². The molecule has 12 atom stereocenters. The molecule has 0 bridgehead atoms. The molecule has 0 aromatic heterocycles. The van der Waals surface area contributed by atoms with E-state index in [0.29, 0.717) is 19.4 Å². The number of ketones is 1. The topological polar surface area (TPSA) is 182 Å². The van der Waals surface area contributed by atoms with Crippen molar-refractivity contribution >= 4 is 24.0 Å². The van der Waals surface area contributed by atoms with Crippen LogP contribution in [0.25, 0.3) is 0 Å². The van der Waals surface area contributed by atoms with Gasteiger partial charge in [-0.15, -0.1) is 0 Å². The third-order valence-electron chi connectivity index (χ3n) is 9.83. The van der Waals surface area contributed by atoms with E-state index in [1.54, 1.807) is 34.7 Å². The van der Waals surface area contributed by atoms with E-state index < -0.39 is 71.9 Å². The third kappa shape index (κ3) is 8.88. The van der Waals surface area contributed by atoms with Crippen molar-refractivity contribution < 1.29 is 57.4 Å². The van der Waals surface area contributed by atoms with E-state index in [0.717, 1.165) is 0 Å². The fourth-order valence-corrected chi connectivity index (χ4v) is 6.10. The molecular formula is C32H56N2O12. The molecule has 46 heavy (non-hydrogen) atoms. The van der Waals surface area contributed by atoms with Gasteiger partial charge in [0.1, 0.15) is 11.9 Å². The number of methoxy groups -OCH3 is 2. The fourth-order valence-electron chi connectivity index (χ4n) is 6.10. The summed E-state index contributed by atoms with van der Waals surface area (Å²) in [5.41, 5.74) is 2.94. The van der Waals surface area contributed by atoms with Gasteiger partial charge in [-0.05, 0) is 47.0 Å². The van der Waals surface area contributed by atoms with E-state index in [1.807, 2.05) is 13.8 Å². The van der Waals surface area contributed by atoms with E-state index in [1.165, 1.54) is 33.0 Å². The van der Waals surface area contributed by atoms with Gasteiger partial charge in [-0.25, -0.2) is 9.59 Å². The minimum Gasteiger partial charge on any atom is -0.458 e. The first-order valence-electron chi connectivity index (χ1n) is 16.1. The molecule has 1 amide bonds. The van der Waals surface area contributed by atoms with E-state index in [4.69, 9.17) is 38.9 Å². The quantitative estimate of drug-likeness (QED) is 0.182. The highest BCUT2D eigenvalue weighted by atomic mass is 16.8. The summed E-state index contributed by atoms with van der Waals surface area (Å²) in [6, 6.07) is -0.193. The average molecular weight is 661 g/mol. The Morgan fingerprint density at radius 3 is 2.33 bits per heavy atom. The number of carbonyl (C=O) groups excluding carboxylic acids is 4. The molecule has 2 saturated heterocycles. The third-order valence-corrected chi connectivity index (χ3v) is 9.83. The average Bonchev–Trinajstić information content (AvgIpc) is 3.24. The van der Waals surface area contributed by atoms with Crippen molar-refractivity contribution in [2.24, 2.45) is 29.4 Å². The molecule has 0 spiro atoms. The van der Waals surface area contributed by atoms with Gasteiger partial charge in [0.15, 0.2) is 6.29 Å². The molecule has 266 valence electrons. The first-order valence-corrected chi connectivity index (χ1v) is 16.1. The number of rotatable bonds is 16. The summed E-state index contributed by atoms with van der Waals surface area (Å²) in [4.78, 5) is 52.4. The van der Waals surface area contributed by atoms with Crippen LogP contribution in [0.5, 0.6) is 0 Å². The molecule has 3 N–H and O–H groups in total. The molecule has 0 aliphatic carbocycles. The number of carbonyl (C=O) groups is 4.